The van der Waals surface area contributed by atoms with Crippen molar-refractivity contribution in [2.75, 3.05) is 6.26 Å². The molecule has 0 unspecified atom stereocenters. The Balaban J connectivity index is 1.72. The highest BCUT2D eigenvalue weighted by Crippen LogP contribution is 2.33. The summed E-state index contributed by atoms with van der Waals surface area (Å²) >= 11 is 1.69. The highest BCUT2D eigenvalue weighted by molar-refractivity contribution is 8.13. The minimum Gasteiger partial charge on any atom is -0.250 e. The number of rotatable bonds is 2. The van der Waals surface area contributed by atoms with E-state index in [1.165, 1.54) is 11.1 Å². The van der Waals surface area contributed by atoms with Crippen LogP contribution >= 0.6 is 11.8 Å². The summed E-state index contributed by atoms with van der Waals surface area (Å²) < 4.78 is 0. The van der Waals surface area contributed by atoms with E-state index in [9.17, 15) is 0 Å². The monoisotopic (exact) mass is 342 g/mol. The SMILES string of the molecule is CSC1=Nc2ccccc2N=C(c2ccc(-c3ccccc3)cc2)C1. The summed E-state index contributed by atoms with van der Waals surface area (Å²) in [5.41, 5.74) is 6.55. The Morgan fingerprint density at radius 2 is 1.20 bits per heavy atom. The minimum atomic E-state index is 0.764. The van der Waals surface area contributed by atoms with Crippen molar-refractivity contribution in [3.8, 4) is 11.1 Å². The molecule has 1 aliphatic rings. The van der Waals surface area contributed by atoms with Crippen molar-refractivity contribution < 1.29 is 0 Å². The summed E-state index contributed by atoms with van der Waals surface area (Å²) in [6.45, 7) is 0. The molecule has 0 amide bonds. The summed E-state index contributed by atoms with van der Waals surface area (Å²) in [6, 6.07) is 27.2. The second-order valence-electron chi connectivity index (χ2n) is 5.88. The molecule has 0 fully saturated rings. The van der Waals surface area contributed by atoms with Gasteiger partial charge in [-0.1, -0.05) is 66.7 Å². The van der Waals surface area contributed by atoms with Gasteiger partial charge in [0.25, 0.3) is 0 Å². The average Bonchev–Trinajstić information content (AvgIpc) is 2.88. The molecule has 0 saturated carbocycles. The van der Waals surface area contributed by atoms with Gasteiger partial charge in [-0.25, -0.2) is 4.99 Å². The molecule has 1 heterocycles. The molecule has 122 valence electrons. The summed E-state index contributed by atoms with van der Waals surface area (Å²) in [5, 5.41) is 1.09. The quantitative estimate of drug-likeness (QED) is 0.538. The van der Waals surface area contributed by atoms with Gasteiger partial charge in [-0.2, -0.15) is 0 Å². The first-order valence-electron chi connectivity index (χ1n) is 8.27. The van der Waals surface area contributed by atoms with Crippen molar-refractivity contribution in [2.45, 2.75) is 6.42 Å². The van der Waals surface area contributed by atoms with E-state index in [0.717, 1.165) is 34.1 Å². The standard InChI is InChI=1S/C22H18N2S/c1-25-22-15-21(23-19-9-5-6-10-20(19)24-22)18-13-11-17(12-14-18)16-7-3-2-4-8-16/h2-14H,15H2,1H3. The first kappa shape index (κ1) is 15.9. The van der Waals surface area contributed by atoms with Crippen LogP contribution in [0.4, 0.5) is 11.4 Å². The fraction of sp³-hybridized carbons (Fsp3) is 0.0909. The Hall–Kier alpha value is -2.65. The van der Waals surface area contributed by atoms with Crippen molar-refractivity contribution in [1.29, 1.82) is 0 Å². The number of fused-ring (bicyclic) bond motifs is 1. The van der Waals surface area contributed by atoms with E-state index in [-0.39, 0.29) is 0 Å². The summed E-state index contributed by atoms with van der Waals surface area (Å²) in [7, 11) is 0. The second-order valence-corrected chi connectivity index (χ2v) is 6.76. The van der Waals surface area contributed by atoms with Gasteiger partial charge in [0.1, 0.15) is 0 Å². The maximum Gasteiger partial charge on any atom is 0.0896 e. The number of para-hydroxylation sites is 2. The molecule has 0 radical (unpaired) electrons. The number of benzene rings is 3. The number of hydrogen-bond acceptors (Lipinski definition) is 3. The molecule has 4 rings (SSSR count). The van der Waals surface area contributed by atoms with E-state index in [1.54, 1.807) is 11.8 Å². The Morgan fingerprint density at radius 1 is 0.640 bits per heavy atom. The third-order valence-electron chi connectivity index (χ3n) is 4.26. The van der Waals surface area contributed by atoms with Crippen molar-refractivity contribution >= 4 is 33.9 Å². The molecule has 2 nitrogen and oxygen atoms in total. The van der Waals surface area contributed by atoms with Crippen LogP contribution < -0.4 is 0 Å². The van der Waals surface area contributed by atoms with Crippen LogP contribution in [0.2, 0.25) is 0 Å². The van der Waals surface area contributed by atoms with Gasteiger partial charge in [-0.05, 0) is 35.1 Å². The zero-order valence-corrected chi connectivity index (χ0v) is 14.8. The fourth-order valence-electron chi connectivity index (χ4n) is 2.93. The lowest BCUT2D eigenvalue weighted by atomic mass is 10.0. The molecule has 0 N–H and O–H groups in total. The molecular formula is C22H18N2S. The summed E-state index contributed by atoms with van der Waals surface area (Å²) in [6.07, 6.45) is 2.84. The Bertz CT molecular complexity index is 941. The van der Waals surface area contributed by atoms with E-state index in [0.29, 0.717) is 0 Å². The van der Waals surface area contributed by atoms with Crippen LogP contribution in [0.15, 0.2) is 88.8 Å². The molecule has 25 heavy (non-hydrogen) atoms. The molecule has 3 aromatic rings. The second kappa shape index (κ2) is 7.08. The van der Waals surface area contributed by atoms with Crippen molar-refractivity contribution in [3.05, 3.63) is 84.4 Å². The first-order valence-corrected chi connectivity index (χ1v) is 9.50. The highest BCUT2D eigenvalue weighted by Gasteiger charge is 2.14. The van der Waals surface area contributed by atoms with Crippen molar-refractivity contribution in [1.82, 2.24) is 0 Å². The minimum absolute atomic E-state index is 0.764. The van der Waals surface area contributed by atoms with Gasteiger partial charge in [0.2, 0.25) is 0 Å². The van der Waals surface area contributed by atoms with Gasteiger partial charge in [-0.3, -0.25) is 4.99 Å². The van der Waals surface area contributed by atoms with E-state index >= 15 is 0 Å². The molecule has 0 atom stereocenters. The Morgan fingerprint density at radius 3 is 1.88 bits per heavy atom. The molecule has 0 aliphatic carbocycles. The zero-order valence-electron chi connectivity index (χ0n) is 14.0. The van der Waals surface area contributed by atoms with Crippen molar-refractivity contribution in [2.24, 2.45) is 9.98 Å². The molecular weight excluding hydrogens is 324 g/mol. The maximum atomic E-state index is 4.90. The zero-order chi connectivity index (χ0) is 17.1. The summed E-state index contributed by atoms with van der Waals surface area (Å²) in [4.78, 5) is 9.66. The molecule has 3 heteroatoms. The molecule has 3 aromatic carbocycles. The van der Waals surface area contributed by atoms with Gasteiger partial charge in [0.15, 0.2) is 0 Å². The van der Waals surface area contributed by atoms with Crippen LogP contribution in [0, 0.1) is 0 Å². The topological polar surface area (TPSA) is 24.7 Å². The van der Waals surface area contributed by atoms with E-state index in [1.807, 2.05) is 30.3 Å². The first-order chi connectivity index (χ1) is 12.3. The molecule has 0 bridgehead atoms. The Kier molecular flexibility index (Phi) is 4.49. The molecule has 0 spiro atoms. The number of thioether (sulfide) groups is 1. The van der Waals surface area contributed by atoms with Crippen molar-refractivity contribution in [3.63, 3.8) is 0 Å². The van der Waals surface area contributed by atoms with Crippen LogP contribution in [0.3, 0.4) is 0 Å². The smallest absolute Gasteiger partial charge is 0.0896 e. The van der Waals surface area contributed by atoms with E-state index < -0.39 is 0 Å². The normalized spacial score (nSPS) is 13.5. The number of nitrogens with zero attached hydrogens (tertiary/aromatic N) is 2. The van der Waals surface area contributed by atoms with Gasteiger partial charge in [0.05, 0.1) is 22.1 Å². The predicted molar refractivity (Wildman–Crippen MR) is 110 cm³/mol. The predicted octanol–water partition coefficient (Wildman–Crippen LogP) is 6.27. The highest BCUT2D eigenvalue weighted by atomic mass is 32.2. The summed E-state index contributed by atoms with van der Waals surface area (Å²) in [5.74, 6) is 0. The van der Waals surface area contributed by atoms with E-state index in [4.69, 9.17) is 9.98 Å². The van der Waals surface area contributed by atoms with Crippen LogP contribution in [0.1, 0.15) is 12.0 Å². The van der Waals surface area contributed by atoms with Crippen LogP contribution in [0.5, 0.6) is 0 Å². The molecule has 0 saturated heterocycles. The maximum absolute atomic E-state index is 4.90. The molecule has 1 aliphatic heterocycles. The fourth-order valence-corrected chi connectivity index (χ4v) is 3.40. The largest absolute Gasteiger partial charge is 0.250 e. The lowest BCUT2D eigenvalue weighted by Gasteiger charge is -2.07. The lowest BCUT2D eigenvalue weighted by Crippen LogP contribution is -2.05. The average molecular weight is 342 g/mol. The number of hydrogen-bond donors (Lipinski definition) is 0. The van der Waals surface area contributed by atoms with Gasteiger partial charge >= 0.3 is 0 Å². The molecule has 0 aromatic heterocycles. The van der Waals surface area contributed by atoms with Crippen LogP contribution in [-0.2, 0) is 0 Å². The number of aliphatic imine (C=N–C) groups is 2. The van der Waals surface area contributed by atoms with Gasteiger partial charge in [-0.15, -0.1) is 11.8 Å². The van der Waals surface area contributed by atoms with Gasteiger partial charge in [0, 0.05) is 6.42 Å². The van der Waals surface area contributed by atoms with Crippen LogP contribution in [-0.4, -0.2) is 17.0 Å². The third-order valence-corrected chi connectivity index (χ3v) is 4.97. The third kappa shape index (κ3) is 3.42. The van der Waals surface area contributed by atoms with E-state index in [2.05, 4.69) is 54.8 Å². The van der Waals surface area contributed by atoms with Crippen LogP contribution in [0.25, 0.3) is 11.1 Å². The van der Waals surface area contributed by atoms with Gasteiger partial charge < -0.3 is 0 Å². The lowest BCUT2D eigenvalue weighted by molar-refractivity contribution is 1.45. The Labute approximate surface area is 152 Å².